The lowest BCUT2D eigenvalue weighted by atomic mass is 9.86. The number of terminal acetylenes is 1. The summed E-state index contributed by atoms with van der Waals surface area (Å²) in [6, 6.07) is 22.5. The third-order valence-corrected chi connectivity index (χ3v) is 9.97. The maximum atomic E-state index is 13.3. The minimum atomic E-state index is -0.940. The molecular formula is C54H73FN4O. The number of unbranched alkanes of at least 4 members (excludes halogenated alkanes) is 2. The van der Waals surface area contributed by atoms with Gasteiger partial charge in [-0.2, -0.15) is 0 Å². The number of aliphatic hydroxyl groups is 1. The molecule has 5 nitrogen and oxygen atoms in total. The third kappa shape index (κ3) is 19.1. The Balaban J connectivity index is 0.00000111. The lowest BCUT2D eigenvalue weighted by Gasteiger charge is -2.19. The number of nitrogens with zero attached hydrogens (tertiary/aromatic N) is 3. The van der Waals surface area contributed by atoms with E-state index in [0.29, 0.717) is 30.7 Å². The van der Waals surface area contributed by atoms with Crippen LogP contribution < -0.4 is 5.32 Å². The molecule has 60 heavy (non-hydrogen) atoms. The van der Waals surface area contributed by atoms with Crippen LogP contribution in [-0.2, 0) is 11.0 Å². The second kappa shape index (κ2) is 27.4. The fourth-order valence-corrected chi connectivity index (χ4v) is 5.56. The molecule has 0 aromatic heterocycles. The number of hydrogen-bond donors (Lipinski definition) is 2. The van der Waals surface area contributed by atoms with Crippen molar-refractivity contribution in [2.75, 3.05) is 13.1 Å². The third-order valence-electron chi connectivity index (χ3n) is 9.97. The van der Waals surface area contributed by atoms with Gasteiger partial charge in [0.2, 0.25) is 0 Å². The van der Waals surface area contributed by atoms with Gasteiger partial charge in [0.15, 0.2) is 11.7 Å². The Kier molecular flexibility index (Phi) is 24.0. The molecule has 4 rings (SSSR count). The highest BCUT2D eigenvalue weighted by molar-refractivity contribution is 6.12. The molecule has 0 saturated carbocycles. The SMILES string of the molecule is C#C.C=C[C@@H](C)C(C)C.C=NC(=NC(=NCC1=CC=C(C/C=C\C(=C/C)c2ccc(F)cc2)NC1)c1ccc(C(C)(C)C)cc1)c1ccc(C(C)(C)O)cc1.CCCCC. The minimum absolute atomic E-state index is 0.0301. The van der Waals surface area contributed by atoms with Crippen molar-refractivity contribution in [2.45, 2.75) is 113 Å². The molecule has 3 aromatic carbocycles. The van der Waals surface area contributed by atoms with Crippen molar-refractivity contribution in [3.8, 4) is 12.8 Å². The number of dihydropyridines is 1. The molecule has 1 atom stereocenters. The lowest BCUT2D eigenvalue weighted by molar-refractivity contribution is 0.0786. The van der Waals surface area contributed by atoms with Gasteiger partial charge in [0.25, 0.3) is 0 Å². The van der Waals surface area contributed by atoms with E-state index in [1.807, 2.05) is 43.3 Å². The molecule has 0 bridgehead atoms. The number of aliphatic imine (C=N–C) groups is 3. The van der Waals surface area contributed by atoms with Crippen molar-refractivity contribution < 1.29 is 9.50 Å². The molecule has 322 valence electrons. The highest BCUT2D eigenvalue weighted by Crippen LogP contribution is 2.24. The number of benzene rings is 3. The summed E-state index contributed by atoms with van der Waals surface area (Å²) in [5.74, 6) is 2.22. The van der Waals surface area contributed by atoms with Crippen LogP contribution in [-0.4, -0.2) is 36.6 Å². The van der Waals surface area contributed by atoms with Crippen LogP contribution in [0.2, 0.25) is 0 Å². The van der Waals surface area contributed by atoms with Crippen LogP contribution in [0.3, 0.4) is 0 Å². The van der Waals surface area contributed by atoms with Gasteiger partial charge in [-0.25, -0.2) is 14.4 Å². The highest BCUT2D eigenvalue weighted by Gasteiger charge is 2.17. The zero-order valence-electron chi connectivity index (χ0n) is 38.5. The van der Waals surface area contributed by atoms with Gasteiger partial charge in [-0.05, 0) is 90.8 Å². The van der Waals surface area contributed by atoms with Gasteiger partial charge >= 0.3 is 0 Å². The summed E-state index contributed by atoms with van der Waals surface area (Å²) >= 11 is 0. The first-order chi connectivity index (χ1) is 28.5. The summed E-state index contributed by atoms with van der Waals surface area (Å²) in [5.41, 5.74) is 7.10. The quantitative estimate of drug-likeness (QED) is 0.0593. The van der Waals surface area contributed by atoms with Crippen molar-refractivity contribution in [3.05, 3.63) is 161 Å². The number of rotatable bonds is 13. The largest absolute Gasteiger partial charge is 0.386 e. The molecule has 6 heteroatoms. The van der Waals surface area contributed by atoms with Crippen LogP contribution in [0.1, 0.15) is 130 Å². The van der Waals surface area contributed by atoms with Gasteiger partial charge in [0, 0.05) is 29.8 Å². The zero-order chi connectivity index (χ0) is 45.3. The average Bonchev–Trinajstić information content (AvgIpc) is 3.24. The van der Waals surface area contributed by atoms with E-state index < -0.39 is 5.60 Å². The Morgan fingerprint density at radius 1 is 0.833 bits per heavy atom. The second-order valence-electron chi connectivity index (χ2n) is 16.6. The van der Waals surface area contributed by atoms with Crippen molar-refractivity contribution in [1.29, 1.82) is 0 Å². The van der Waals surface area contributed by atoms with Crippen LogP contribution in [0.15, 0.2) is 142 Å². The van der Waals surface area contributed by atoms with Crippen LogP contribution in [0, 0.1) is 30.5 Å². The van der Waals surface area contributed by atoms with E-state index in [1.54, 1.807) is 26.0 Å². The van der Waals surface area contributed by atoms with Gasteiger partial charge in [0.1, 0.15) is 5.82 Å². The topological polar surface area (TPSA) is 69.3 Å². The summed E-state index contributed by atoms with van der Waals surface area (Å²) in [6.07, 6.45) is 25.2. The molecule has 0 spiro atoms. The Hall–Kier alpha value is -5.38. The van der Waals surface area contributed by atoms with E-state index in [-0.39, 0.29) is 11.2 Å². The molecule has 1 heterocycles. The molecule has 0 radical (unpaired) electrons. The first-order valence-electron chi connectivity index (χ1n) is 21.2. The highest BCUT2D eigenvalue weighted by atomic mass is 19.1. The maximum absolute atomic E-state index is 13.3. The first kappa shape index (κ1) is 52.6. The van der Waals surface area contributed by atoms with Gasteiger partial charge in [-0.3, -0.25) is 4.99 Å². The van der Waals surface area contributed by atoms with Crippen molar-refractivity contribution in [2.24, 2.45) is 26.8 Å². The molecule has 0 fully saturated rings. The van der Waals surface area contributed by atoms with Crippen LogP contribution in [0.5, 0.6) is 0 Å². The molecule has 1 aliphatic rings. The van der Waals surface area contributed by atoms with Gasteiger partial charge in [0.05, 0.1) is 12.1 Å². The van der Waals surface area contributed by atoms with E-state index >= 15 is 0 Å². The number of amidine groups is 2. The summed E-state index contributed by atoms with van der Waals surface area (Å²) in [6.45, 7) is 31.7. The van der Waals surface area contributed by atoms with Gasteiger partial charge < -0.3 is 10.4 Å². The fraction of sp³-hybridized carbons (Fsp3) is 0.389. The molecule has 0 amide bonds. The van der Waals surface area contributed by atoms with E-state index in [1.165, 1.54) is 37.0 Å². The molecule has 2 N–H and O–H groups in total. The lowest BCUT2D eigenvalue weighted by Crippen LogP contribution is -2.21. The average molecular weight is 813 g/mol. The normalized spacial score (nSPS) is 13.9. The summed E-state index contributed by atoms with van der Waals surface area (Å²) in [4.78, 5) is 14.1. The van der Waals surface area contributed by atoms with Crippen molar-refractivity contribution in [1.82, 2.24) is 5.32 Å². The zero-order valence-corrected chi connectivity index (χ0v) is 38.5. The number of allylic oxidation sites excluding steroid dienone is 7. The first-order valence-corrected chi connectivity index (χ1v) is 21.2. The molecule has 0 unspecified atom stereocenters. The molecule has 0 aliphatic carbocycles. The Morgan fingerprint density at radius 2 is 1.37 bits per heavy atom. The molecule has 1 aliphatic heterocycles. The number of nitrogens with one attached hydrogen (secondary N) is 1. The number of hydrogen-bond acceptors (Lipinski definition) is 3. The van der Waals surface area contributed by atoms with Crippen molar-refractivity contribution in [3.63, 3.8) is 0 Å². The van der Waals surface area contributed by atoms with Gasteiger partial charge in [-0.15, -0.1) is 19.4 Å². The minimum Gasteiger partial charge on any atom is -0.386 e. The number of halogens is 1. The molecule has 0 saturated heterocycles. The van der Waals surface area contributed by atoms with E-state index in [9.17, 15) is 9.50 Å². The van der Waals surface area contributed by atoms with Gasteiger partial charge in [-0.1, -0.05) is 166 Å². The van der Waals surface area contributed by atoms with Crippen LogP contribution in [0.25, 0.3) is 5.57 Å². The second-order valence-corrected chi connectivity index (χ2v) is 16.6. The van der Waals surface area contributed by atoms with E-state index in [0.717, 1.165) is 51.4 Å². The summed E-state index contributed by atoms with van der Waals surface area (Å²) in [7, 11) is 0. The van der Waals surface area contributed by atoms with E-state index in [2.05, 4.69) is 140 Å². The summed E-state index contributed by atoms with van der Waals surface area (Å²) < 4.78 is 13.3. The molecular weight excluding hydrogens is 740 g/mol. The predicted molar refractivity (Wildman–Crippen MR) is 262 cm³/mol. The van der Waals surface area contributed by atoms with Crippen molar-refractivity contribution >= 4 is 24.0 Å². The Labute approximate surface area is 363 Å². The smallest absolute Gasteiger partial charge is 0.161 e. The van der Waals surface area contributed by atoms with E-state index in [4.69, 9.17) is 9.98 Å². The Morgan fingerprint density at radius 3 is 1.77 bits per heavy atom. The fourth-order valence-electron chi connectivity index (χ4n) is 5.56. The summed E-state index contributed by atoms with van der Waals surface area (Å²) in [5, 5.41) is 13.9. The van der Waals surface area contributed by atoms with Crippen LogP contribution >= 0.6 is 0 Å². The van der Waals surface area contributed by atoms with Crippen LogP contribution in [0.4, 0.5) is 4.39 Å². The maximum Gasteiger partial charge on any atom is 0.161 e. The monoisotopic (exact) mass is 813 g/mol. The predicted octanol–water partition coefficient (Wildman–Crippen LogP) is 13.6. The Bertz CT molecular complexity index is 1940. The molecule has 3 aromatic rings. The standard InChI is InChI=1S/C40H45FN4O.C7H14.C5H12.C2H2/c1-8-29(30-17-23-35(41)24-18-30)10-9-11-36-25-12-28(26-43-36)27-44-38(32-13-19-33(20-14-32)39(2,3)4)45-37(42-7)31-15-21-34(22-16-31)40(5,6)46;1-5-7(4)6(2)3;1-3-5-4-2;1-2/h8-10,12-25,43,46H,7,11,26-27H2,1-6H3;5-7H,1H2,2-4H3;3-5H2,1-2H3;1-2H/b10-9-,29-8+,44-38?,45-37?;;;/t;7-;;/m.1../s1.